The van der Waals surface area contributed by atoms with Crippen molar-refractivity contribution in [1.29, 1.82) is 0 Å². The summed E-state index contributed by atoms with van der Waals surface area (Å²) in [7, 11) is 0. The molecule has 2 aliphatic rings. The SMILES string of the molecule is CC1CC1c1ccc(CN[C@H]2CCCO[C@@H]2c2ccncc2)o1. The second kappa shape index (κ2) is 6.46. The van der Waals surface area contributed by atoms with E-state index in [0.717, 1.165) is 43.4 Å². The number of pyridine rings is 1. The summed E-state index contributed by atoms with van der Waals surface area (Å²) < 4.78 is 12.0. The van der Waals surface area contributed by atoms with E-state index in [-0.39, 0.29) is 6.10 Å². The first-order valence-electron chi connectivity index (χ1n) is 8.65. The first-order valence-corrected chi connectivity index (χ1v) is 8.65. The summed E-state index contributed by atoms with van der Waals surface area (Å²) in [6.45, 7) is 3.87. The lowest BCUT2D eigenvalue weighted by molar-refractivity contribution is -0.0116. The smallest absolute Gasteiger partial charge is 0.117 e. The van der Waals surface area contributed by atoms with Crippen molar-refractivity contribution in [2.75, 3.05) is 6.61 Å². The van der Waals surface area contributed by atoms with Crippen molar-refractivity contribution in [3.8, 4) is 0 Å². The monoisotopic (exact) mass is 312 g/mol. The van der Waals surface area contributed by atoms with E-state index in [9.17, 15) is 0 Å². The molecule has 0 amide bonds. The maximum atomic E-state index is 6.01. The summed E-state index contributed by atoms with van der Waals surface area (Å²) in [5.74, 6) is 3.61. The topological polar surface area (TPSA) is 47.3 Å². The van der Waals surface area contributed by atoms with Crippen LogP contribution in [0.3, 0.4) is 0 Å². The number of rotatable bonds is 5. The molecule has 1 saturated carbocycles. The van der Waals surface area contributed by atoms with Crippen LogP contribution in [-0.4, -0.2) is 17.6 Å². The lowest BCUT2D eigenvalue weighted by Crippen LogP contribution is -2.39. The second-order valence-electron chi connectivity index (χ2n) is 6.83. The van der Waals surface area contributed by atoms with Crippen LogP contribution in [0.15, 0.2) is 41.1 Å². The molecule has 4 rings (SSSR count). The van der Waals surface area contributed by atoms with Gasteiger partial charge in [-0.05, 0) is 55.0 Å². The Balaban J connectivity index is 1.39. The van der Waals surface area contributed by atoms with Gasteiger partial charge in [-0.2, -0.15) is 0 Å². The van der Waals surface area contributed by atoms with Crippen molar-refractivity contribution < 1.29 is 9.15 Å². The Morgan fingerprint density at radius 3 is 2.83 bits per heavy atom. The van der Waals surface area contributed by atoms with Crippen LogP contribution in [0.1, 0.15) is 55.3 Å². The summed E-state index contributed by atoms with van der Waals surface area (Å²) in [5.41, 5.74) is 1.20. The molecular formula is C19H24N2O2. The summed E-state index contributed by atoms with van der Waals surface area (Å²) in [5, 5.41) is 3.63. The highest BCUT2D eigenvalue weighted by atomic mass is 16.5. The molecule has 1 N–H and O–H groups in total. The molecule has 0 radical (unpaired) electrons. The van der Waals surface area contributed by atoms with Crippen molar-refractivity contribution in [2.45, 2.75) is 50.8 Å². The van der Waals surface area contributed by atoms with Gasteiger partial charge < -0.3 is 14.5 Å². The van der Waals surface area contributed by atoms with Gasteiger partial charge in [-0.15, -0.1) is 0 Å². The minimum Gasteiger partial charge on any atom is -0.464 e. The Kier molecular flexibility index (Phi) is 4.19. The van der Waals surface area contributed by atoms with Crippen LogP contribution in [0.5, 0.6) is 0 Å². The van der Waals surface area contributed by atoms with Gasteiger partial charge >= 0.3 is 0 Å². The Labute approximate surface area is 137 Å². The van der Waals surface area contributed by atoms with Crippen LogP contribution >= 0.6 is 0 Å². The third-order valence-electron chi connectivity index (χ3n) is 5.05. The average molecular weight is 312 g/mol. The number of hydrogen-bond acceptors (Lipinski definition) is 4. The van der Waals surface area contributed by atoms with Crippen LogP contribution < -0.4 is 5.32 Å². The highest BCUT2D eigenvalue weighted by Gasteiger charge is 2.36. The fraction of sp³-hybridized carbons (Fsp3) is 0.526. The van der Waals surface area contributed by atoms with Gasteiger partial charge in [0.15, 0.2) is 0 Å². The molecule has 4 atom stereocenters. The molecule has 0 bridgehead atoms. The Morgan fingerprint density at radius 2 is 2.04 bits per heavy atom. The Morgan fingerprint density at radius 1 is 1.22 bits per heavy atom. The number of furan rings is 1. The molecule has 122 valence electrons. The fourth-order valence-corrected chi connectivity index (χ4v) is 3.51. The molecule has 2 fully saturated rings. The quantitative estimate of drug-likeness (QED) is 0.912. The minimum absolute atomic E-state index is 0.102. The number of aromatic nitrogens is 1. The van der Waals surface area contributed by atoms with Gasteiger partial charge in [0.1, 0.15) is 11.5 Å². The van der Waals surface area contributed by atoms with Crippen LogP contribution in [0.4, 0.5) is 0 Å². The highest BCUT2D eigenvalue weighted by molar-refractivity contribution is 5.18. The standard InChI is InChI=1S/C19H24N2O2/c1-13-11-16(13)18-5-4-15(23-18)12-21-17-3-2-10-22-19(17)14-6-8-20-9-7-14/h4-9,13,16-17,19,21H,2-3,10-12H2,1H3/t13?,16?,17-,19+/m0/s1. The zero-order chi connectivity index (χ0) is 15.6. The second-order valence-corrected chi connectivity index (χ2v) is 6.83. The summed E-state index contributed by atoms with van der Waals surface area (Å²) >= 11 is 0. The van der Waals surface area contributed by atoms with Gasteiger partial charge in [0.25, 0.3) is 0 Å². The normalized spacial score (nSPS) is 30.3. The molecule has 0 spiro atoms. The Hall–Kier alpha value is -1.65. The predicted molar refractivity (Wildman–Crippen MR) is 88.0 cm³/mol. The maximum Gasteiger partial charge on any atom is 0.117 e. The van der Waals surface area contributed by atoms with Gasteiger partial charge in [0.05, 0.1) is 12.6 Å². The van der Waals surface area contributed by atoms with Crippen molar-refractivity contribution in [2.24, 2.45) is 5.92 Å². The minimum atomic E-state index is 0.102. The molecule has 1 saturated heterocycles. The van der Waals surface area contributed by atoms with Crippen molar-refractivity contribution in [3.05, 3.63) is 53.7 Å². The molecule has 2 unspecified atom stereocenters. The third-order valence-corrected chi connectivity index (χ3v) is 5.05. The van der Waals surface area contributed by atoms with E-state index in [0.29, 0.717) is 12.0 Å². The molecular weight excluding hydrogens is 288 g/mol. The molecule has 1 aliphatic heterocycles. The zero-order valence-electron chi connectivity index (χ0n) is 13.6. The molecule has 2 aromatic rings. The van der Waals surface area contributed by atoms with Crippen molar-refractivity contribution >= 4 is 0 Å². The summed E-state index contributed by atoms with van der Waals surface area (Å²) in [4.78, 5) is 4.10. The predicted octanol–water partition coefficient (Wildman–Crippen LogP) is 3.81. The molecule has 0 aromatic carbocycles. The van der Waals surface area contributed by atoms with Crippen LogP contribution in [0.25, 0.3) is 0 Å². The van der Waals surface area contributed by atoms with Gasteiger partial charge in [0.2, 0.25) is 0 Å². The average Bonchev–Trinajstić information content (AvgIpc) is 3.15. The summed E-state index contributed by atoms with van der Waals surface area (Å²) in [6.07, 6.45) is 7.26. The van der Waals surface area contributed by atoms with E-state index >= 15 is 0 Å². The van der Waals surface area contributed by atoms with E-state index in [1.54, 1.807) is 0 Å². The van der Waals surface area contributed by atoms with E-state index in [2.05, 4.69) is 29.4 Å². The molecule has 2 aromatic heterocycles. The molecule has 3 heterocycles. The number of nitrogens with one attached hydrogen (secondary N) is 1. The zero-order valence-corrected chi connectivity index (χ0v) is 13.6. The van der Waals surface area contributed by atoms with Crippen LogP contribution in [0, 0.1) is 5.92 Å². The van der Waals surface area contributed by atoms with E-state index in [1.807, 2.05) is 24.5 Å². The lowest BCUT2D eigenvalue weighted by Gasteiger charge is -2.32. The van der Waals surface area contributed by atoms with E-state index < -0.39 is 0 Å². The lowest BCUT2D eigenvalue weighted by atomic mass is 9.96. The van der Waals surface area contributed by atoms with Gasteiger partial charge in [-0.25, -0.2) is 0 Å². The maximum absolute atomic E-state index is 6.01. The summed E-state index contributed by atoms with van der Waals surface area (Å²) in [6, 6.07) is 8.66. The number of hydrogen-bond donors (Lipinski definition) is 1. The fourth-order valence-electron chi connectivity index (χ4n) is 3.51. The largest absolute Gasteiger partial charge is 0.464 e. The number of ether oxygens (including phenoxy) is 1. The highest BCUT2D eigenvalue weighted by Crippen LogP contribution is 2.47. The van der Waals surface area contributed by atoms with E-state index in [1.165, 1.54) is 12.0 Å². The first-order chi connectivity index (χ1) is 11.3. The first kappa shape index (κ1) is 14.9. The Bertz CT molecular complexity index is 640. The third kappa shape index (κ3) is 3.33. The van der Waals surface area contributed by atoms with Crippen LogP contribution in [-0.2, 0) is 11.3 Å². The van der Waals surface area contributed by atoms with E-state index in [4.69, 9.17) is 9.15 Å². The molecule has 4 heteroatoms. The van der Waals surface area contributed by atoms with Gasteiger partial charge in [0, 0.05) is 31.0 Å². The van der Waals surface area contributed by atoms with Crippen molar-refractivity contribution in [3.63, 3.8) is 0 Å². The number of nitrogens with zero attached hydrogens (tertiary/aromatic N) is 1. The molecule has 1 aliphatic carbocycles. The van der Waals surface area contributed by atoms with Crippen molar-refractivity contribution in [1.82, 2.24) is 10.3 Å². The van der Waals surface area contributed by atoms with Gasteiger partial charge in [-0.3, -0.25) is 4.98 Å². The molecule has 23 heavy (non-hydrogen) atoms. The van der Waals surface area contributed by atoms with Crippen LogP contribution in [0.2, 0.25) is 0 Å². The van der Waals surface area contributed by atoms with Gasteiger partial charge in [-0.1, -0.05) is 6.92 Å². The molecule has 4 nitrogen and oxygen atoms in total.